The molecule has 1 atom stereocenters. The third kappa shape index (κ3) is 3.39. The number of nitriles is 1. The van der Waals surface area contributed by atoms with Crippen LogP contribution in [0.5, 0.6) is 5.75 Å². The molecule has 1 fully saturated rings. The zero-order valence-corrected chi connectivity index (χ0v) is 13.8. The quantitative estimate of drug-likeness (QED) is 0.900. The lowest BCUT2D eigenvalue weighted by atomic mass is 9.86. The van der Waals surface area contributed by atoms with E-state index in [0.29, 0.717) is 12.5 Å². The monoisotopic (exact) mass is 286 g/mol. The van der Waals surface area contributed by atoms with Crippen LogP contribution in [-0.2, 0) is 5.41 Å². The highest BCUT2D eigenvalue weighted by Gasteiger charge is 2.45. The van der Waals surface area contributed by atoms with Crippen molar-refractivity contribution in [2.45, 2.75) is 51.5 Å². The van der Waals surface area contributed by atoms with Crippen molar-refractivity contribution in [1.29, 1.82) is 5.26 Å². The number of rotatable bonds is 5. The van der Waals surface area contributed by atoms with Crippen LogP contribution in [-0.4, -0.2) is 19.2 Å². The molecule has 1 aromatic rings. The van der Waals surface area contributed by atoms with Gasteiger partial charge in [-0.3, -0.25) is 5.32 Å². The molecule has 0 heterocycles. The Morgan fingerprint density at radius 3 is 2.48 bits per heavy atom. The first kappa shape index (κ1) is 15.9. The Balaban J connectivity index is 2.23. The molecule has 0 aromatic heterocycles. The van der Waals surface area contributed by atoms with Gasteiger partial charge in [-0.25, -0.2) is 0 Å². The SMILES string of the molecule is CNC(C#N)(COc1cc(C)ccc1C(C)(C)C)C1CC1. The number of nitrogens with zero attached hydrogens (tertiary/aromatic N) is 1. The van der Waals surface area contributed by atoms with Crippen molar-refractivity contribution in [3.05, 3.63) is 29.3 Å². The van der Waals surface area contributed by atoms with Gasteiger partial charge in [0.15, 0.2) is 0 Å². The lowest BCUT2D eigenvalue weighted by molar-refractivity contribution is 0.207. The number of benzene rings is 1. The number of nitrogens with one attached hydrogen (secondary N) is 1. The van der Waals surface area contributed by atoms with E-state index in [0.717, 1.165) is 18.6 Å². The van der Waals surface area contributed by atoms with Crippen LogP contribution in [0.25, 0.3) is 0 Å². The molecule has 0 spiro atoms. The summed E-state index contributed by atoms with van der Waals surface area (Å²) in [6.45, 7) is 9.01. The summed E-state index contributed by atoms with van der Waals surface area (Å²) in [5.41, 5.74) is 1.83. The van der Waals surface area contributed by atoms with Crippen LogP contribution in [0.3, 0.4) is 0 Å². The largest absolute Gasteiger partial charge is 0.490 e. The van der Waals surface area contributed by atoms with Crippen molar-refractivity contribution in [3.63, 3.8) is 0 Å². The highest BCUT2D eigenvalue weighted by Crippen LogP contribution is 2.40. The predicted octanol–water partition coefficient (Wildman–Crippen LogP) is 3.56. The Bertz CT molecular complexity index is 549. The van der Waals surface area contributed by atoms with Gasteiger partial charge in [0.05, 0.1) is 6.07 Å². The average molecular weight is 286 g/mol. The van der Waals surface area contributed by atoms with Crippen molar-refractivity contribution in [2.24, 2.45) is 5.92 Å². The van der Waals surface area contributed by atoms with Gasteiger partial charge in [-0.1, -0.05) is 32.9 Å². The van der Waals surface area contributed by atoms with Gasteiger partial charge in [0, 0.05) is 0 Å². The third-order valence-electron chi connectivity index (χ3n) is 4.32. The van der Waals surface area contributed by atoms with Crippen molar-refractivity contribution in [3.8, 4) is 11.8 Å². The molecule has 1 aromatic carbocycles. The predicted molar refractivity (Wildman–Crippen MR) is 85.5 cm³/mol. The van der Waals surface area contributed by atoms with Gasteiger partial charge in [0.25, 0.3) is 0 Å². The maximum absolute atomic E-state index is 9.56. The van der Waals surface area contributed by atoms with Crippen molar-refractivity contribution < 1.29 is 4.74 Å². The Morgan fingerprint density at radius 2 is 2.00 bits per heavy atom. The van der Waals surface area contributed by atoms with E-state index in [-0.39, 0.29) is 5.41 Å². The van der Waals surface area contributed by atoms with E-state index in [1.54, 1.807) is 0 Å². The summed E-state index contributed by atoms with van der Waals surface area (Å²) in [6, 6.07) is 8.76. The first-order valence-electron chi connectivity index (χ1n) is 7.66. The number of aryl methyl sites for hydroxylation is 1. The molecule has 21 heavy (non-hydrogen) atoms. The maximum atomic E-state index is 9.56. The van der Waals surface area contributed by atoms with Crippen LogP contribution in [0.2, 0.25) is 0 Å². The molecule has 0 radical (unpaired) electrons. The number of ether oxygens (including phenoxy) is 1. The highest BCUT2D eigenvalue weighted by molar-refractivity contribution is 5.41. The molecule has 1 aliphatic carbocycles. The van der Waals surface area contributed by atoms with E-state index >= 15 is 0 Å². The third-order valence-corrected chi connectivity index (χ3v) is 4.32. The van der Waals surface area contributed by atoms with E-state index in [4.69, 9.17) is 4.74 Å². The van der Waals surface area contributed by atoms with Crippen molar-refractivity contribution in [1.82, 2.24) is 5.32 Å². The molecule has 3 nitrogen and oxygen atoms in total. The Morgan fingerprint density at radius 1 is 1.33 bits per heavy atom. The van der Waals surface area contributed by atoms with Crippen molar-refractivity contribution >= 4 is 0 Å². The summed E-state index contributed by atoms with van der Waals surface area (Å²) in [4.78, 5) is 0. The summed E-state index contributed by atoms with van der Waals surface area (Å²) in [6.07, 6.45) is 2.22. The summed E-state index contributed by atoms with van der Waals surface area (Å²) >= 11 is 0. The van der Waals surface area contributed by atoms with Crippen LogP contribution in [0.4, 0.5) is 0 Å². The zero-order chi connectivity index (χ0) is 15.7. The molecule has 3 heteroatoms. The molecule has 0 saturated heterocycles. The second-order valence-corrected chi connectivity index (χ2v) is 7.15. The van der Waals surface area contributed by atoms with E-state index in [1.165, 1.54) is 11.1 Å². The van der Waals surface area contributed by atoms with Gasteiger partial charge in [0.2, 0.25) is 0 Å². The minimum Gasteiger partial charge on any atom is -0.490 e. The topological polar surface area (TPSA) is 45.0 Å². The molecule has 1 N–H and O–H groups in total. The normalized spacial score (nSPS) is 17.9. The Labute approximate surface area is 128 Å². The van der Waals surface area contributed by atoms with Crippen LogP contribution in [0.15, 0.2) is 18.2 Å². The molecule has 0 aliphatic heterocycles. The zero-order valence-electron chi connectivity index (χ0n) is 13.8. The Kier molecular flexibility index (Phi) is 4.30. The van der Waals surface area contributed by atoms with Crippen LogP contribution in [0, 0.1) is 24.2 Å². The van der Waals surface area contributed by atoms with Crippen molar-refractivity contribution in [2.75, 3.05) is 13.7 Å². The molecule has 0 bridgehead atoms. The van der Waals surface area contributed by atoms with Gasteiger partial charge in [-0.05, 0) is 55.3 Å². The second-order valence-electron chi connectivity index (χ2n) is 7.15. The summed E-state index contributed by atoms with van der Waals surface area (Å²) in [7, 11) is 1.85. The molecule has 2 rings (SSSR count). The summed E-state index contributed by atoms with van der Waals surface area (Å²) in [5.74, 6) is 1.31. The van der Waals surface area contributed by atoms with E-state index in [1.807, 2.05) is 7.05 Å². The van der Waals surface area contributed by atoms with E-state index in [2.05, 4.69) is 57.3 Å². The molecule has 1 aliphatic rings. The smallest absolute Gasteiger partial charge is 0.143 e. The molecule has 114 valence electrons. The lowest BCUT2D eigenvalue weighted by Gasteiger charge is -2.29. The fraction of sp³-hybridized carbons (Fsp3) is 0.611. The first-order valence-corrected chi connectivity index (χ1v) is 7.66. The molecule has 0 amide bonds. The van der Waals surface area contributed by atoms with Gasteiger partial charge >= 0.3 is 0 Å². The summed E-state index contributed by atoms with van der Waals surface area (Å²) < 4.78 is 6.11. The van der Waals surface area contributed by atoms with Crippen LogP contribution in [0.1, 0.15) is 44.7 Å². The number of hydrogen-bond donors (Lipinski definition) is 1. The van der Waals surface area contributed by atoms with Gasteiger partial charge in [-0.15, -0.1) is 0 Å². The molecular weight excluding hydrogens is 260 g/mol. The number of likely N-dealkylation sites (N-methyl/N-ethyl adjacent to an activating group) is 1. The average Bonchev–Trinajstić information content (AvgIpc) is 3.24. The fourth-order valence-corrected chi connectivity index (χ4v) is 2.71. The Hall–Kier alpha value is -1.53. The van der Waals surface area contributed by atoms with Crippen LogP contribution >= 0.6 is 0 Å². The molecular formula is C18H26N2O. The second kappa shape index (κ2) is 5.69. The van der Waals surface area contributed by atoms with Gasteiger partial charge in [0.1, 0.15) is 17.9 Å². The lowest BCUT2D eigenvalue weighted by Crippen LogP contribution is -2.49. The van der Waals surface area contributed by atoms with E-state index < -0.39 is 5.54 Å². The summed E-state index contributed by atoms with van der Waals surface area (Å²) in [5, 5.41) is 12.7. The van der Waals surface area contributed by atoms with E-state index in [9.17, 15) is 5.26 Å². The molecule has 1 saturated carbocycles. The fourth-order valence-electron chi connectivity index (χ4n) is 2.71. The maximum Gasteiger partial charge on any atom is 0.143 e. The number of hydrogen-bond acceptors (Lipinski definition) is 3. The van der Waals surface area contributed by atoms with Gasteiger partial charge in [-0.2, -0.15) is 5.26 Å². The minimum atomic E-state index is -0.557. The van der Waals surface area contributed by atoms with Gasteiger partial charge < -0.3 is 4.74 Å². The molecule has 1 unspecified atom stereocenters. The highest BCUT2D eigenvalue weighted by atomic mass is 16.5. The minimum absolute atomic E-state index is 0.0254. The van der Waals surface area contributed by atoms with Crippen LogP contribution < -0.4 is 10.1 Å². The first-order chi connectivity index (χ1) is 9.82. The standard InChI is InChI=1S/C18H26N2O/c1-13-6-9-15(17(2,3)4)16(10-13)21-12-18(11-19,20-5)14-7-8-14/h6,9-10,14,20H,7-8,12H2,1-5H3.